The van der Waals surface area contributed by atoms with E-state index >= 15 is 0 Å². The van der Waals surface area contributed by atoms with Crippen LogP contribution in [-0.2, 0) is 28.6 Å². The van der Waals surface area contributed by atoms with E-state index in [9.17, 15) is 14.4 Å². The minimum absolute atomic E-state index is 0.146. The van der Waals surface area contributed by atoms with Gasteiger partial charge in [-0.15, -0.1) is 0 Å². The lowest BCUT2D eigenvalue weighted by Gasteiger charge is -2.18. The van der Waals surface area contributed by atoms with Gasteiger partial charge >= 0.3 is 17.9 Å². The van der Waals surface area contributed by atoms with E-state index in [-0.39, 0.29) is 50.4 Å². The predicted octanol–water partition coefficient (Wildman–Crippen LogP) is 16.3. The van der Waals surface area contributed by atoms with Gasteiger partial charge in [0, 0.05) is 19.3 Å². The Kier molecular flexibility index (Phi) is 46.7. The summed E-state index contributed by atoms with van der Waals surface area (Å²) in [6, 6.07) is 0. The van der Waals surface area contributed by atoms with Gasteiger partial charge in [-0.2, -0.15) is 0 Å². The van der Waals surface area contributed by atoms with Gasteiger partial charge in [0.1, 0.15) is 13.2 Å². The van der Waals surface area contributed by atoms with Crippen LogP contribution in [-0.4, -0.2) is 37.2 Å². The maximum Gasteiger partial charge on any atom is 0.306 e. The Balaban J connectivity index is 4.65. The summed E-state index contributed by atoms with van der Waals surface area (Å²) in [6.07, 6.45) is 70.2. The fourth-order valence-corrected chi connectivity index (χ4v) is 6.04. The topological polar surface area (TPSA) is 78.9 Å². The van der Waals surface area contributed by atoms with Crippen LogP contribution >= 0.6 is 0 Å². The number of carbonyl (C=O) groups excluding carboxylic acids is 3. The van der Waals surface area contributed by atoms with Crippen LogP contribution in [0.15, 0.2) is 134 Å². The number of hydrogen-bond acceptors (Lipinski definition) is 6. The third kappa shape index (κ3) is 48.4. The molecule has 0 radical (unpaired) electrons. The molecule has 0 aromatic rings. The van der Waals surface area contributed by atoms with Crippen molar-refractivity contribution in [2.45, 2.75) is 194 Å². The number of carbonyl (C=O) groups is 3. The molecule has 0 amide bonds. The molecule has 352 valence electrons. The summed E-state index contributed by atoms with van der Waals surface area (Å²) < 4.78 is 16.6. The average Bonchev–Trinajstić information content (AvgIpc) is 3.28. The first kappa shape index (κ1) is 58.6. The van der Waals surface area contributed by atoms with Crippen molar-refractivity contribution in [1.82, 2.24) is 0 Å². The molecular weight excluding hydrogens is 781 g/mol. The van der Waals surface area contributed by atoms with Gasteiger partial charge < -0.3 is 14.2 Å². The van der Waals surface area contributed by atoms with Gasteiger partial charge in [-0.1, -0.05) is 206 Å². The number of rotatable bonds is 42. The lowest BCUT2D eigenvalue weighted by molar-refractivity contribution is -0.166. The number of hydrogen-bond donors (Lipinski definition) is 0. The molecule has 0 saturated carbocycles. The van der Waals surface area contributed by atoms with Crippen molar-refractivity contribution in [2.24, 2.45) is 0 Å². The minimum atomic E-state index is -0.849. The summed E-state index contributed by atoms with van der Waals surface area (Å²) >= 11 is 0. The fraction of sp³-hybridized carbons (Fsp3) is 0.561. The van der Waals surface area contributed by atoms with E-state index < -0.39 is 6.10 Å². The maximum atomic E-state index is 12.8. The summed E-state index contributed by atoms with van der Waals surface area (Å²) in [5, 5.41) is 0. The number of ether oxygens (including phenoxy) is 3. The highest BCUT2D eigenvalue weighted by molar-refractivity contribution is 5.71. The van der Waals surface area contributed by atoms with Gasteiger partial charge in [0.2, 0.25) is 0 Å². The molecule has 0 aromatic heterocycles. The van der Waals surface area contributed by atoms with Crippen LogP contribution in [0, 0.1) is 0 Å². The zero-order valence-corrected chi connectivity index (χ0v) is 40.0. The van der Waals surface area contributed by atoms with Gasteiger partial charge in [-0.25, -0.2) is 0 Å². The first-order valence-corrected chi connectivity index (χ1v) is 24.8. The molecule has 0 bridgehead atoms. The zero-order chi connectivity index (χ0) is 45.8. The predicted molar refractivity (Wildman–Crippen MR) is 269 cm³/mol. The van der Waals surface area contributed by atoms with E-state index in [2.05, 4.69) is 99.8 Å². The quantitative estimate of drug-likeness (QED) is 0.0200. The zero-order valence-electron chi connectivity index (χ0n) is 40.0. The Morgan fingerprint density at radius 1 is 0.349 bits per heavy atom. The highest BCUT2D eigenvalue weighted by atomic mass is 16.6. The Morgan fingerprint density at radius 2 is 0.730 bits per heavy atom. The Morgan fingerprint density at radius 3 is 1.29 bits per heavy atom. The molecule has 0 aliphatic heterocycles. The first-order chi connectivity index (χ1) is 31.0. The Bertz CT molecular complexity index is 1420. The van der Waals surface area contributed by atoms with Crippen LogP contribution in [0.4, 0.5) is 0 Å². The van der Waals surface area contributed by atoms with Crippen LogP contribution in [0.2, 0.25) is 0 Å². The van der Waals surface area contributed by atoms with Crippen LogP contribution in [0.5, 0.6) is 0 Å². The van der Waals surface area contributed by atoms with Gasteiger partial charge in [0.25, 0.3) is 0 Å². The van der Waals surface area contributed by atoms with E-state index in [1.54, 1.807) is 0 Å². The van der Waals surface area contributed by atoms with E-state index in [0.29, 0.717) is 19.3 Å². The molecule has 63 heavy (non-hydrogen) atoms. The van der Waals surface area contributed by atoms with E-state index in [1.165, 1.54) is 64.2 Å². The van der Waals surface area contributed by atoms with Gasteiger partial charge in [0.15, 0.2) is 6.10 Å². The van der Waals surface area contributed by atoms with Crippen LogP contribution in [0.25, 0.3) is 0 Å². The maximum absolute atomic E-state index is 12.8. The summed E-state index contributed by atoms with van der Waals surface area (Å²) in [6.45, 7) is 6.29. The Labute approximate surface area is 385 Å². The highest BCUT2D eigenvalue weighted by Gasteiger charge is 2.19. The number of allylic oxidation sites excluding steroid dienone is 22. The molecule has 0 aliphatic rings. The molecule has 0 saturated heterocycles. The van der Waals surface area contributed by atoms with Crippen molar-refractivity contribution in [3.63, 3.8) is 0 Å². The molecule has 0 aliphatic carbocycles. The lowest BCUT2D eigenvalue weighted by atomic mass is 10.1. The molecular formula is C57H88O6. The standard InChI is InChI=1S/C57H88O6/c1-4-7-10-13-16-19-22-25-27-28-30-32-35-38-41-44-47-50-56(59)62-53-54(52-61-55(58)49-46-43-40-37-34-31-24-21-18-15-12-9-6-3)63-57(60)51-48-45-42-39-36-33-29-26-23-20-17-14-11-8-5-2/h8,11,14,16-17,19-20,23,25-27,29-34,36,38,40-41,43,54H,4-7,9-10,12-13,15,18,21-22,24,28,35,37,39,42,44-53H2,1-3H3/b11-8+,17-14+,19-16+,23-20+,27-25+,29-26+,32-30+,34-31+,36-33+,41-38+,43-40+. The second-order valence-corrected chi connectivity index (χ2v) is 15.8. The van der Waals surface area contributed by atoms with Crippen LogP contribution in [0.3, 0.4) is 0 Å². The fourth-order valence-electron chi connectivity index (χ4n) is 6.04. The van der Waals surface area contributed by atoms with E-state index in [1.807, 2.05) is 54.7 Å². The first-order valence-electron chi connectivity index (χ1n) is 24.8. The molecule has 0 heterocycles. The van der Waals surface area contributed by atoms with Gasteiger partial charge in [-0.05, 0) is 96.3 Å². The van der Waals surface area contributed by atoms with Crippen molar-refractivity contribution >= 4 is 17.9 Å². The van der Waals surface area contributed by atoms with Crippen molar-refractivity contribution in [3.8, 4) is 0 Å². The lowest BCUT2D eigenvalue weighted by Crippen LogP contribution is -2.30. The summed E-state index contributed by atoms with van der Waals surface area (Å²) in [5.74, 6) is -1.12. The van der Waals surface area contributed by atoms with Gasteiger partial charge in [-0.3, -0.25) is 14.4 Å². The molecule has 0 rings (SSSR count). The highest BCUT2D eigenvalue weighted by Crippen LogP contribution is 2.10. The Hall–Kier alpha value is -4.45. The molecule has 0 aromatic carbocycles. The number of esters is 3. The smallest absolute Gasteiger partial charge is 0.306 e. The average molecular weight is 869 g/mol. The van der Waals surface area contributed by atoms with Crippen LogP contribution < -0.4 is 0 Å². The summed E-state index contributed by atoms with van der Waals surface area (Å²) in [7, 11) is 0. The second-order valence-electron chi connectivity index (χ2n) is 15.8. The molecule has 6 nitrogen and oxygen atoms in total. The SMILES string of the molecule is CC/C=C/C=C/C=C/C=C/C=C/CCCCCC(=O)OC(COC(=O)CC/C=C/C/C=C/CCCCCCCC)COC(=O)CCC/C=C/C/C=C/C/C=C/C/C=C/CCCCC. The summed E-state index contributed by atoms with van der Waals surface area (Å²) in [5.41, 5.74) is 0. The molecule has 6 heteroatoms. The molecule has 0 fully saturated rings. The molecule has 1 atom stereocenters. The second kappa shape index (κ2) is 50.2. The monoisotopic (exact) mass is 869 g/mol. The normalized spacial score (nSPS) is 13.3. The summed E-state index contributed by atoms with van der Waals surface area (Å²) in [4.78, 5) is 37.9. The minimum Gasteiger partial charge on any atom is -0.462 e. The van der Waals surface area contributed by atoms with E-state index in [4.69, 9.17) is 14.2 Å². The van der Waals surface area contributed by atoms with Crippen molar-refractivity contribution in [3.05, 3.63) is 134 Å². The number of unbranched alkanes of at least 4 members (excludes halogenated alkanes) is 13. The van der Waals surface area contributed by atoms with Crippen molar-refractivity contribution < 1.29 is 28.6 Å². The molecule has 0 spiro atoms. The van der Waals surface area contributed by atoms with Crippen molar-refractivity contribution in [1.29, 1.82) is 0 Å². The largest absolute Gasteiger partial charge is 0.462 e. The van der Waals surface area contributed by atoms with Crippen LogP contribution in [0.1, 0.15) is 188 Å². The third-order valence-corrected chi connectivity index (χ3v) is 9.75. The molecule has 1 unspecified atom stereocenters. The third-order valence-electron chi connectivity index (χ3n) is 9.75. The van der Waals surface area contributed by atoms with Gasteiger partial charge in [0.05, 0.1) is 0 Å². The molecule has 0 N–H and O–H groups in total. The van der Waals surface area contributed by atoms with E-state index in [0.717, 1.165) is 64.2 Å². The van der Waals surface area contributed by atoms with Crippen molar-refractivity contribution in [2.75, 3.05) is 13.2 Å².